The summed E-state index contributed by atoms with van der Waals surface area (Å²) in [4.78, 5) is 6.88. The highest BCUT2D eigenvalue weighted by Crippen LogP contribution is 2.39. The van der Waals surface area contributed by atoms with E-state index >= 15 is 0 Å². The molecule has 1 rings (SSSR count). The summed E-state index contributed by atoms with van der Waals surface area (Å²) in [7, 11) is 6.91. The fourth-order valence-corrected chi connectivity index (χ4v) is 2.42. The average molecular weight is 337 g/mol. The van der Waals surface area contributed by atoms with Gasteiger partial charge >= 0.3 is 0 Å². The summed E-state index contributed by atoms with van der Waals surface area (Å²) in [6, 6.07) is 3.83. The Labute approximate surface area is 145 Å². The largest absolute Gasteiger partial charge is 0.493 e. The van der Waals surface area contributed by atoms with E-state index in [2.05, 4.69) is 31.1 Å². The molecule has 6 heteroatoms. The standard InChI is InChI=1S/C18H31N3O3/c1-7-9-12-21(3)18(19-8-2)20-13-14-10-11-15(22-4)17(24-6)16(14)23-5/h10-11H,7-9,12-13H2,1-6H3,(H,19,20). The molecule has 1 aromatic carbocycles. The minimum atomic E-state index is 0.502. The van der Waals surface area contributed by atoms with Crippen molar-refractivity contribution in [3.05, 3.63) is 17.7 Å². The molecule has 0 aliphatic heterocycles. The van der Waals surface area contributed by atoms with Crippen LogP contribution in [0.25, 0.3) is 0 Å². The predicted molar refractivity (Wildman–Crippen MR) is 98.5 cm³/mol. The lowest BCUT2D eigenvalue weighted by molar-refractivity contribution is 0.322. The van der Waals surface area contributed by atoms with E-state index in [0.29, 0.717) is 23.8 Å². The first kappa shape index (κ1) is 19.9. The summed E-state index contributed by atoms with van der Waals surface area (Å²) in [6.07, 6.45) is 2.30. The second-order valence-electron chi connectivity index (χ2n) is 5.44. The molecule has 0 aliphatic carbocycles. The van der Waals surface area contributed by atoms with E-state index < -0.39 is 0 Å². The van der Waals surface area contributed by atoms with Crippen LogP contribution < -0.4 is 19.5 Å². The second kappa shape index (κ2) is 10.6. The monoisotopic (exact) mass is 337 g/mol. The molecule has 0 fully saturated rings. The summed E-state index contributed by atoms with van der Waals surface area (Å²) in [5.74, 6) is 2.79. The van der Waals surface area contributed by atoms with Crippen LogP contribution in [0.5, 0.6) is 17.2 Å². The van der Waals surface area contributed by atoms with Crippen LogP contribution in [0.1, 0.15) is 32.3 Å². The lowest BCUT2D eigenvalue weighted by Gasteiger charge is -2.22. The van der Waals surface area contributed by atoms with Crippen molar-refractivity contribution in [2.45, 2.75) is 33.2 Å². The third-order valence-electron chi connectivity index (χ3n) is 3.73. The van der Waals surface area contributed by atoms with Crippen LogP contribution in [-0.4, -0.2) is 52.3 Å². The van der Waals surface area contributed by atoms with Crippen LogP contribution in [0.3, 0.4) is 0 Å². The molecule has 1 aromatic rings. The summed E-state index contributed by atoms with van der Waals surface area (Å²) < 4.78 is 16.3. The van der Waals surface area contributed by atoms with Crippen LogP contribution >= 0.6 is 0 Å². The van der Waals surface area contributed by atoms with Gasteiger partial charge in [-0.2, -0.15) is 0 Å². The van der Waals surface area contributed by atoms with Crippen molar-refractivity contribution in [3.63, 3.8) is 0 Å². The molecule has 0 radical (unpaired) electrons. The molecule has 0 unspecified atom stereocenters. The summed E-state index contributed by atoms with van der Waals surface area (Å²) in [6.45, 7) is 6.57. The Hall–Kier alpha value is -2.11. The smallest absolute Gasteiger partial charge is 0.203 e. The molecule has 0 saturated heterocycles. The molecule has 0 heterocycles. The van der Waals surface area contributed by atoms with Gasteiger partial charge in [-0.3, -0.25) is 0 Å². The number of benzene rings is 1. The molecule has 0 spiro atoms. The number of methoxy groups -OCH3 is 3. The molecular weight excluding hydrogens is 306 g/mol. The maximum Gasteiger partial charge on any atom is 0.203 e. The zero-order valence-corrected chi connectivity index (χ0v) is 15.8. The van der Waals surface area contributed by atoms with Gasteiger partial charge in [-0.1, -0.05) is 13.3 Å². The van der Waals surface area contributed by atoms with Crippen LogP contribution in [0.2, 0.25) is 0 Å². The Morgan fingerprint density at radius 3 is 2.33 bits per heavy atom. The summed E-state index contributed by atoms with van der Waals surface area (Å²) >= 11 is 0. The molecule has 0 aliphatic rings. The zero-order valence-electron chi connectivity index (χ0n) is 15.8. The van der Waals surface area contributed by atoms with Crippen LogP contribution in [0.15, 0.2) is 17.1 Å². The van der Waals surface area contributed by atoms with Crippen molar-refractivity contribution < 1.29 is 14.2 Å². The Morgan fingerprint density at radius 1 is 1.08 bits per heavy atom. The van der Waals surface area contributed by atoms with Gasteiger partial charge in [0.15, 0.2) is 17.5 Å². The third kappa shape index (κ3) is 5.22. The van der Waals surface area contributed by atoms with Crippen molar-refractivity contribution in [3.8, 4) is 17.2 Å². The van der Waals surface area contributed by atoms with E-state index in [4.69, 9.17) is 19.2 Å². The highest BCUT2D eigenvalue weighted by Gasteiger charge is 2.16. The SMILES string of the molecule is CCCCN(C)C(=NCc1ccc(OC)c(OC)c1OC)NCC. The van der Waals surface area contributed by atoms with Crippen molar-refractivity contribution in [2.75, 3.05) is 41.5 Å². The van der Waals surface area contributed by atoms with E-state index in [-0.39, 0.29) is 0 Å². The normalized spacial score (nSPS) is 11.2. The third-order valence-corrected chi connectivity index (χ3v) is 3.73. The van der Waals surface area contributed by atoms with Crippen LogP contribution in [-0.2, 0) is 6.54 Å². The average Bonchev–Trinajstić information content (AvgIpc) is 2.61. The maximum atomic E-state index is 5.52. The lowest BCUT2D eigenvalue weighted by Crippen LogP contribution is -2.39. The minimum absolute atomic E-state index is 0.502. The number of nitrogens with one attached hydrogen (secondary N) is 1. The van der Waals surface area contributed by atoms with Gasteiger partial charge in [-0.05, 0) is 25.5 Å². The van der Waals surface area contributed by atoms with Gasteiger partial charge in [0, 0.05) is 25.7 Å². The first-order valence-corrected chi connectivity index (χ1v) is 8.40. The molecule has 1 N–H and O–H groups in total. The number of aliphatic imine (C=N–C) groups is 1. The Morgan fingerprint density at radius 2 is 1.79 bits per heavy atom. The fraction of sp³-hybridized carbons (Fsp3) is 0.611. The Kier molecular flexibility index (Phi) is 8.83. The molecule has 136 valence electrons. The topological polar surface area (TPSA) is 55.3 Å². The zero-order chi connectivity index (χ0) is 17.9. The minimum Gasteiger partial charge on any atom is -0.493 e. The number of ether oxygens (including phenoxy) is 3. The van der Waals surface area contributed by atoms with E-state index in [9.17, 15) is 0 Å². The Bertz CT molecular complexity index is 532. The van der Waals surface area contributed by atoms with Crippen LogP contribution in [0, 0.1) is 0 Å². The van der Waals surface area contributed by atoms with Crippen molar-refractivity contribution in [1.29, 1.82) is 0 Å². The highest BCUT2D eigenvalue weighted by molar-refractivity contribution is 5.79. The first-order chi connectivity index (χ1) is 11.6. The second-order valence-corrected chi connectivity index (χ2v) is 5.44. The van der Waals surface area contributed by atoms with E-state index in [0.717, 1.165) is 37.5 Å². The number of guanidine groups is 1. The predicted octanol–water partition coefficient (Wildman–Crippen LogP) is 2.91. The number of rotatable bonds is 9. The van der Waals surface area contributed by atoms with Crippen molar-refractivity contribution in [1.82, 2.24) is 10.2 Å². The molecule has 24 heavy (non-hydrogen) atoms. The molecule has 0 saturated carbocycles. The van der Waals surface area contributed by atoms with E-state index in [1.807, 2.05) is 12.1 Å². The molecular formula is C18H31N3O3. The van der Waals surface area contributed by atoms with Crippen LogP contribution in [0.4, 0.5) is 0 Å². The lowest BCUT2D eigenvalue weighted by atomic mass is 10.1. The van der Waals surface area contributed by atoms with E-state index in [1.165, 1.54) is 0 Å². The summed E-state index contributed by atoms with van der Waals surface area (Å²) in [5.41, 5.74) is 0.953. The van der Waals surface area contributed by atoms with Gasteiger partial charge in [0.25, 0.3) is 0 Å². The molecule has 6 nitrogen and oxygen atoms in total. The number of unbranched alkanes of at least 4 members (excludes halogenated alkanes) is 1. The van der Waals surface area contributed by atoms with Gasteiger partial charge in [0.1, 0.15) is 0 Å². The fourth-order valence-electron chi connectivity index (χ4n) is 2.42. The van der Waals surface area contributed by atoms with E-state index in [1.54, 1.807) is 21.3 Å². The van der Waals surface area contributed by atoms with Gasteiger partial charge < -0.3 is 24.4 Å². The summed E-state index contributed by atoms with van der Waals surface area (Å²) in [5, 5.41) is 3.33. The maximum absolute atomic E-state index is 5.52. The quantitative estimate of drug-likeness (QED) is 0.555. The number of nitrogens with zero attached hydrogens (tertiary/aromatic N) is 2. The van der Waals surface area contributed by atoms with Gasteiger partial charge in [0.2, 0.25) is 5.75 Å². The molecule has 0 aromatic heterocycles. The number of hydrogen-bond acceptors (Lipinski definition) is 4. The highest BCUT2D eigenvalue weighted by atomic mass is 16.5. The van der Waals surface area contributed by atoms with Gasteiger partial charge in [-0.25, -0.2) is 4.99 Å². The molecule has 0 atom stereocenters. The van der Waals surface area contributed by atoms with Gasteiger partial charge in [0.05, 0.1) is 27.9 Å². The number of hydrogen-bond donors (Lipinski definition) is 1. The molecule has 0 bridgehead atoms. The van der Waals surface area contributed by atoms with Crippen molar-refractivity contribution in [2.24, 2.45) is 4.99 Å². The molecule has 0 amide bonds. The first-order valence-electron chi connectivity index (χ1n) is 8.40. The van der Waals surface area contributed by atoms with Crippen molar-refractivity contribution >= 4 is 5.96 Å². The Balaban J connectivity index is 3.04. The van der Waals surface area contributed by atoms with Gasteiger partial charge in [-0.15, -0.1) is 0 Å².